The average Bonchev–Trinajstić information content (AvgIpc) is 2.54. The van der Waals surface area contributed by atoms with E-state index in [1.165, 1.54) is 11.1 Å². The van der Waals surface area contributed by atoms with Crippen molar-refractivity contribution >= 4 is 5.91 Å². The van der Waals surface area contributed by atoms with Gasteiger partial charge >= 0.3 is 0 Å². The second-order valence-corrected chi connectivity index (χ2v) is 6.80. The van der Waals surface area contributed by atoms with Crippen LogP contribution < -0.4 is 10.5 Å². The highest BCUT2D eigenvalue weighted by Crippen LogP contribution is 2.20. The van der Waals surface area contributed by atoms with Crippen molar-refractivity contribution in [1.82, 2.24) is 4.90 Å². The molecule has 1 heterocycles. The van der Waals surface area contributed by atoms with Gasteiger partial charge in [0.1, 0.15) is 5.75 Å². The van der Waals surface area contributed by atoms with Gasteiger partial charge in [-0.3, -0.25) is 4.79 Å². The number of nitrogens with two attached hydrogens (primary N) is 1. The van der Waals surface area contributed by atoms with Crippen LogP contribution in [0, 0.1) is 19.8 Å². The second-order valence-electron chi connectivity index (χ2n) is 6.80. The summed E-state index contributed by atoms with van der Waals surface area (Å²) in [6.07, 6.45) is 3.51. The highest BCUT2D eigenvalue weighted by Gasteiger charge is 2.25. The molecule has 1 amide bonds. The smallest absolute Gasteiger partial charge is 0.222 e. The Bertz CT molecular complexity index is 528. The Morgan fingerprint density at radius 3 is 2.87 bits per heavy atom. The number of benzene rings is 1. The number of hydrogen-bond donors (Lipinski definition) is 1. The first-order valence-electron chi connectivity index (χ1n) is 8.71. The first kappa shape index (κ1) is 17.8. The van der Waals surface area contributed by atoms with Crippen molar-refractivity contribution in [3.8, 4) is 5.75 Å². The van der Waals surface area contributed by atoms with Crippen LogP contribution >= 0.6 is 0 Å². The van der Waals surface area contributed by atoms with Gasteiger partial charge in [-0.2, -0.15) is 0 Å². The Balaban J connectivity index is 1.71. The molecule has 4 heteroatoms. The molecule has 0 saturated carbocycles. The fraction of sp³-hybridized carbons (Fsp3) is 0.632. The third-order valence-corrected chi connectivity index (χ3v) is 4.84. The van der Waals surface area contributed by atoms with Crippen LogP contribution in [0.5, 0.6) is 5.75 Å². The van der Waals surface area contributed by atoms with Gasteiger partial charge in [-0.15, -0.1) is 0 Å². The maximum atomic E-state index is 12.3. The molecule has 2 rings (SSSR count). The Labute approximate surface area is 140 Å². The number of nitrogens with zero attached hydrogens (tertiary/aromatic N) is 1. The van der Waals surface area contributed by atoms with Crippen molar-refractivity contribution in [1.29, 1.82) is 0 Å². The van der Waals surface area contributed by atoms with Crippen LogP contribution in [0.15, 0.2) is 18.2 Å². The number of piperidine rings is 1. The van der Waals surface area contributed by atoms with Crippen LogP contribution in [0.25, 0.3) is 0 Å². The van der Waals surface area contributed by atoms with Gasteiger partial charge in [0, 0.05) is 25.6 Å². The van der Waals surface area contributed by atoms with E-state index in [-0.39, 0.29) is 11.9 Å². The molecule has 0 radical (unpaired) electrons. The minimum Gasteiger partial charge on any atom is -0.494 e. The van der Waals surface area contributed by atoms with Gasteiger partial charge in [0.15, 0.2) is 0 Å². The van der Waals surface area contributed by atoms with E-state index in [1.807, 2.05) is 17.9 Å². The van der Waals surface area contributed by atoms with Crippen LogP contribution in [-0.2, 0) is 4.79 Å². The summed E-state index contributed by atoms with van der Waals surface area (Å²) < 4.78 is 5.75. The lowest BCUT2D eigenvalue weighted by Crippen LogP contribution is -2.45. The van der Waals surface area contributed by atoms with Gasteiger partial charge < -0.3 is 15.4 Å². The first-order chi connectivity index (χ1) is 11.0. The van der Waals surface area contributed by atoms with E-state index in [0.29, 0.717) is 18.9 Å². The van der Waals surface area contributed by atoms with Gasteiger partial charge in [0.25, 0.3) is 0 Å². The Morgan fingerprint density at radius 1 is 1.39 bits per heavy atom. The highest BCUT2D eigenvalue weighted by atomic mass is 16.5. The van der Waals surface area contributed by atoms with E-state index in [1.54, 1.807) is 0 Å². The molecule has 23 heavy (non-hydrogen) atoms. The Kier molecular flexibility index (Phi) is 6.46. The summed E-state index contributed by atoms with van der Waals surface area (Å²) in [6.45, 7) is 8.48. The SMILES string of the molecule is Cc1ccc(OCCCC(=O)N2CCCC(C(C)N)C2)cc1C. The standard InChI is InChI=1S/C19H30N2O2/c1-14-8-9-18(12-15(14)2)23-11-5-7-19(22)21-10-4-6-17(13-21)16(3)20/h8-9,12,16-17H,4-7,10-11,13,20H2,1-3H3. The largest absolute Gasteiger partial charge is 0.494 e. The van der Waals surface area contributed by atoms with Crippen LogP contribution in [0.3, 0.4) is 0 Å². The van der Waals surface area contributed by atoms with E-state index in [9.17, 15) is 4.79 Å². The maximum Gasteiger partial charge on any atom is 0.222 e. The molecule has 0 aromatic heterocycles. The van der Waals surface area contributed by atoms with Gasteiger partial charge in [0.05, 0.1) is 6.61 Å². The number of rotatable bonds is 6. The second kappa shape index (κ2) is 8.34. The summed E-state index contributed by atoms with van der Waals surface area (Å²) in [6, 6.07) is 6.27. The number of aryl methyl sites for hydroxylation is 2. The number of ether oxygens (including phenoxy) is 1. The summed E-state index contributed by atoms with van der Waals surface area (Å²) in [5, 5.41) is 0. The predicted octanol–water partition coefficient (Wildman–Crippen LogP) is 3.05. The molecular formula is C19H30N2O2. The summed E-state index contributed by atoms with van der Waals surface area (Å²) in [7, 11) is 0. The van der Waals surface area contributed by atoms with Crippen LogP contribution in [-0.4, -0.2) is 36.5 Å². The maximum absolute atomic E-state index is 12.3. The number of carbonyl (C=O) groups excluding carboxylic acids is 1. The van der Waals surface area contributed by atoms with Crippen LogP contribution in [0.4, 0.5) is 0 Å². The number of likely N-dealkylation sites (tertiary alicyclic amines) is 1. The third kappa shape index (κ3) is 5.24. The first-order valence-corrected chi connectivity index (χ1v) is 8.71. The number of amides is 1. The zero-order valence-electron chi connectivity index (χ0n) is 14.7. The van der Waals surface area contributed by atoms with E-state index in [4.69, 9.17) is 10.5 Å². The quantitative estimate of drug-likeness (QED) is 0.820. The molecule has 2 unspecified atom stereocenters. The minimum absolute atomic E-state index is 0.165. The molecule has 1 fully saturated rings. The van der Waals surface area contributed by atoms with Crippen molar-refractivity contribution in [2.45, 2.75) is 52.5 Å². The van der Waals surface area contributed by atoms with Crippen molar-refractivity contribution in [3.63, 3.8) is 0 Å². The van der Waals surface area contributed by atoms with E-state index in [2.05, 4.69) is 26.0 Å². The predicted molar refractivity (Wildman–Crippen MR) is 93.6 cm³/mol. The average molecular weight is 318 g/mol. The fourth-order valence-electron chi connectivity index (χ4n) is 3.04. The molecule has 1 aliphatic rings. The number of hydrogen-bond acceptors (Lipinski definition) is 3. The normalized spacial score (nSPS) is 19.5. The fourth-order valence-corrected chi connectivity index (χ4v) is 3.04. The molecule has 2 N–H and O–H groups in total. The zero-order valence-corrected chi connectivity index (χ0v) is 14.7. The monoisotopic (exact) mass is 318 g/mol. The molecule has 1 aromatic rings. The molecule has 0 spiro atoms. The summed E-state index contributed by atoms with van der Waals surface area (Å²) in [4.78, 5) is 14.3. The molecular weight excluding hydrogens is 288 g/mol. The summed E-state index contributed by atoms with van der Waals surface area (Å²) in [5.74, 6) is 1.56. The molecule has 2 atom stereocenters. The topological polar surface area (TPSA) is 55.6 Å². The van der Waals surface area contributed by atoms with Crippen molar-refractivity contribution in [2.75, 3.05) is 19.7 Å². The van der Waals surface area contributed by atoms with E-state index >= 15 is 0 Å². The lowest BCUT2D eigenvalue weighted by molar-refractivity contribution is -0.133. The lowest BCUT2D eigenvalue weighted by Gasteiger charge is -2.34. The summed E-state index contributed by atoms with van der Waals surface area (Å²) >= 11 is 0. The number of carbonyl (C=O) groups is 1. The van der Waals surface area contributed by atoms with Crippen LogP contribution in [0.1, 0.15) is 43.7 Å². The van der Waals surface area contributed by atoms with Crippen LogP contribution in [0.2, 0.25) is 0 Å². The summed E-state index contributed by atoms with van der Waals surface area (Å²) in [5.41, 5.74) is 8.48. The van der Waals surface area contributed by atoms with Gasteiger partial charge in [-0.25, -0.2) is 0 Å². The molecule has 0 bridgehead atoms. The van der Waals surface area contributed by atoms with Crippen molar-refractivity contribution in [2.24, 2.45) is 11.7 Å². The molecule has 1 aromatic carbocycles. The van der Waals surface area contributed by atoms with Gasteiger partial charge in [-0.05, 0) is 69.2 Å². The lowest BCUT2D eigenvalue weighted by atomic mass is 9.92. The van der Waals surface area contributed by atoms with E-state index in [0.717, 1.165) is 38.1 Å². The Morgan fingerprint density at radius 2 is 2.17 bits per heavy atom. The molecule has 1 aliphatic heterocycles. The molecule has 4 nitrogen and oxygen atoms in total. The minimum atomic E-state index is 0.165. The highest BCUT2D eigenvalue weighted by molar-refractivity contribution is 5.76. The zero-order chi connectivity index (χ0) is 16.8. The Hall–Kier alpha value is -1.55. The third-order valence-electron chi connectivity index (χ3n) is 4.84. The van der Waals surface area contributed by atoms with Gasteiger partial charge in [0.2, 0.25) is 5.91 Å². The van der Waals surface area contributed by atoms with Gasteiger partial charge in [-0.1, -0.05) is 6.07 Å². The molecule has 1 saturated heterocycles. The molecule has 0 aliphatic carbocycles. The van der Waals surface area contributed by atoms with E-state index < -0.39 is 0 Å². The molecule has 128 valence electrons. The van der Waals surface area contributed by atoms with Crippen molar-refractivity contribution < 1.29 is 9.53 Å². The van der Waals surface area contributed by atoms with Crippen molar-refractivity contribution in [3.05, 3.63) is 29.3 Å².